The lowest BCUT2D eigenvalue weighted by molar-refractivity contribution is 0.0524. The summed E-state index contributed by atoms with van der Waals surface area (Å²) in [7, 11) is 0. The van der Waals surface area contributed by atoms with Gasteiger partial charge in [-0.3, -0.25) is 4.79 Å². The highest BCUT2D eigenvalue weighted by atomic mass is 35.5. The van der Waals surface area contributed by atoms with Crippen molar-refractivity contribution in [2.75, 3.05) is 13.2 Å². The molecular formula is C32H29ClF2N2O3S. The normalized spacial score (nSPS) is 10.9. The summed E-state index contributed by atoms with van der Waals surface area (Å²) in [4.78, 5) is 28.1. The number of halogens is 3. The van der Waals surface area contributed by atoms with Gasteiger partial charge < -0.3 is 14.6 Å². The molecule has 0 aliphatic rings. The number of ether oxygens (including phenoxy) is 1. The molecule has 212 valence electrons. The van der Waals surface area contributed by atoms with Crippen LogP contribution in [0.15, 0.2) is 89.9 Å². The highest BCUT2D eigenvalue weighted by Gasteiger charge is 2.24. The molecule has 0 amide bonds. The zero-order chi connectivity index (χ0) is 28.1. The van der Waals surface area contributed by atoms with Crippen LogP contribution in [0.3, 0.4) is 0 Å². The fraction of sp³-hybridized carbons (Fsp3) is 0.188. The molecule has 41 heavy (non-hydrogen) atoms. The minimum absolute atomic E-state index is 0. The van der Waals surface area contributed by atoms with E-state index in [1.807, 2.05) is 48.5 Å². The first-order chi connectivity index (χ1) is 19.5. The Kier molecular flexibility index (Phi) is 10.0. The second-order valence-corrected chi connectivity index (χ2v) is 10.3. The van der Waals surface area contributed by atoms with E-state index in [4.69, 9.17) is 4.74 Å². The molecule has 0 spiro atoms. The fourth-order valence-corrected chi connectivity index (χ4v) is 6.00. The van der Waals surface area contributed by atoms with Gasteiger partial charge in [-0.1, -0.05) is 66.7 Å². The zero-order valence-corrected chi connectivity index (χ0v) is 24.0. The van der Waals surface area contributed by atoms with Gasteiger partial charge in [0, 0.05) is 23.2 Å². The van der Waals surface area contributed by atoms with E-state index in [1.165, 1.54) is 41.3 Å². The van der Waals surface area contributed by atoms with Crippen molar-refractivity contribution in [3.05, 3.63) is 129 Å². The summed E-state index contributed by atoms with van der Waals surface area (Å²) < 4.78 is 36.1. The number of hydrogen-bond donors (Lipinski definition) is 1. The molecule has 0 fully saturated rings. The number of carbonyl (C=O) groups is 1. The van der Waals surface area contributed by atoms with Gasteiger partial charge in [0.2, 0.25) is 5.43 Å². The van der Waals surface area contributed by atoms with Crippen molar-refractivity contribution in [1.82, 2.24) is 9.88 Å². The molecule has 0 aliphatic heterocycles. The summed E-state index contributed by atoms with van der Waals surface area (Å²) in [5.74, 6) is -2.17. The lowest BCUT2D eigenvalue weighted by atomic mass is 10.0. The summed E-state index contributed by atoms with van der Waals surface area (Å²) in [6, 6.07) is 23.4. The number of fused-ring (bicyclic) bond motifs is 1. The average molecular weight is 595 g/mol. The van der Waals surface area contributed by atoms with Gasteiger partial charge in [-0.05, 0) is 48.7 Å². The van der Waals surface area contributed by atoms with Crippen LogP contribution in [0.25, 0.3) is 20.7 Å². The van der Waals surface area contributed by atoms with Crippen LogP contribution < -0.4 is 10.7 Å². The molecule has 0 saturated heterocycles. The number of hydrogen-bond acceptors (Lipinski definition) is 5. The molecule has 0 saturated carbocycles. The van der Waals surface area contributed by atoms with E-state index < -0.39 is 23.0 Å². The Balaban J connectivity index is 0.00000387. The van der Waals surface area contributed by atoms with Crippen LogP contribution in [0.1, 0.15) is 34.0 Å². The smallest absolute Gasteiger partial charge is 0.343 e. The fourth-order valence-electron chi connectivity index (χ4n) is 4.70. The van der Waals surface area contributed by atoms with Crippen molar-refractivity contribution < 1.29 is 18.3 Å². The Labute approximate surface area is 246 Å². The summed E-state index contributed by atoms with van der Waals surface area (Å²) in [5.41, 5.74) is 2.04. The number of thiophene rings is 1. The van der Waals surface area contributed by atoms with Crippen LogP contribution in [-0.4, -0.2) is 23.7 Å². The van der Waals surface area contributed by atoms with Crippen LogP contribution in [0, 0.1) is 11.6 Å². The number of carbonyl (C=O) groups excluding carboxylic acids is 1. The van der Waals surface area contributed by atoms with Gasteiger partial charge in [-0.15, -0.1) is 23.7 Å². The molecule has 5 aromatic rings. The minimum atomic E-state index is -0.771. The van der Waals surface area contributed by atoms with Crippen molar-refractivity contribution >= 4 is 39.9 Å². The Morgan fingerprint density at radius 1 is 0.927 bits per heavy atom. The molecule has 1 N–H and O–H groups in total. The Morgan fingerprint density at radius 3 is 2.24 bits per heavy atom. The van der Waals surface area contributed by atoms with Gasteiger partial charge in [-0.25, -0.2) is 13.6 Å². The predicted octanol–water partition coefficient (Wildman–Crippen LogP) is 6.99. The third-order valence-corrected chi connectivity index (χ3v) is 7.98. The van der Waals surface area contributed by atoms with E-state index in [0.29, 0.717) is 23.3 Å². The van der Waals surface area contributed by atoms with Gasteiger partial charge in [0.25, 0.3) is 0 Å². The van der Waals surface area contributed by atoms with E-state index in [1.54, 1.807) is 11.5 Å². The SMILES string of the molecule is CCOC(=O)c1cn(Cc2c(F)cccc2F)c2sc(-c3ccccc3)c(CNCCc3ccccc3)c2c1=O.Cl. The molecule has 3 aromatic carbocycles. The zero-order valence-electron chi connectivity index (χ0n) is 22.4. The first-order valence-electron chi connectivity index (χ1n) is 13.1. The molecule has 9 heteroatoms. The van der Waals surface area contributed by atoms with E-state index in [9.17, 15) is 18.4 Å². The molecule has 2 aromatic heterocycles. The maximum Gasteiger partial charge on any atom is 0.343 e. The van der Waals surface area contributed by atoms with Gasteiger partial charge in [0.1, 0.15) is 22.0 Å². The van der Waals surface area contributed by atoms with E-state index >= 15 is 0 Å². The second kappa shape index (κ2) is 13.7. The molecule has 5 rings (SSSR count). The molecule has 0 atom stereocenters. The van der Waals surface area contributed by atoms with Crippen molar-refractivity contribution in [2.24, 2.45) is 0 Å². The lowest BCUT2D eigenvalue weighted by Crippen LogP contribution is -2.23. The quantitative estimate of drug-likeness (QED) is 0.140. The Bertz CT molecular complexity index is 1690. The second-order valence-electron chi connectivity index (χ2n) is 9.29. The number of aromatic nitrogens is 1. The van der Waals surface area contributed by atoms with Crippen molar-refractivity contribution in [1.29, 1.82) is 0 Å². The summed E-state index contributed by atoms with van der Waals surface area (Å²) in [6.45, 7) is 2.58. The number of rotatable bonds is 10. The highest BCUT2D eigenvalue weighted by molar-refractivity contribution is 7.22. The Morgan fingerprint density at radius 2 is 1.59 bits per heavy atom. The van der Waals surface area contributed by atoms with E-state index in [-0.39, 0.29) is 36.7 Å². The van der Waals surface area contributed by atoms with E-state index in [0.717, 1.165) is 22.4 Å². The first kappa shape index (κ1) is 30.1. The number of esters is 1. The van der Waals surface area contributed by atoms with Crippen molar-refractivity contribution in [3.8, 4) is 10.4 Å². The molecule has 5 nitrogen and oxygen atoms in total. The van der Waals surface area contributed by atoms with Gasteiger partial charge in [0.15, 0.2) is 0 Å². The third-order valence-electron chi connectivity index (χ3n) is 6.66. The van der Waals surface area contributed by atoms with Crippen LogP contribution in [0.5, 0.6) is 0 Å². The molecular weight excluding hydrogens is 566 g/mol. The van der Waals surface area contributed by atoms with Crippen LogP contribution >= 0.6 is 23.7 Å². The molecule has 2 heterocycles. The van der Waals surface area contributed by atoms with Gasteiger partial charge in [0.05, 0.1) is 18.5 Å². The summed E-state index contributed by atoms with van der Waals surface area (Å²) >= 11 is 1.36. The molecule has 0 radical (unpaired) electrons. The molecule has 0 bridgehead atoms. The van der Waals surface area contributed by atoms with E-state index in [2.05, 4.69) is 17.4 Å². The summed E-state index contributed by atoms with van der Waals surface area (Å²) in [5, 5.41) is 3.80. The maximum atomic E-state index is 14.7. The molecule has 0 aliphatic carbocycles. The number of benzene rings is 3. The highest BCUT2D eigenvalue weighted by Crippen LogP contribution is 2.38. The lowest BCUT2D eigenvalue weighted by Gasteiger charge is -2.13. The maximum absolute atomic E-state index is 14.7. The average Bonchev–Trinajstić information content (AvgIpc) is 3.35. The van der Waals surface area contributed by atoms with Crippen LogP contribution in [0.2, 0.25) is 0 Å². The Hall–Kier alpha value is -3.85. The standard InChI is InChI=1S/C32H28F2N2O3S.ClH/c1-2-39-32(38)25-20-36(19-24-26(33)14-9-15-27(24)34)31-28(29(25)37)23(30(40-31)22-12-7-4-8-13-22)18-35-17-16-21-10-5-3-6-11-21;/h3-15,20,35H,2,16-19H2,1H3;1H. The van der Waals surface area contributed by atoms with Crippen molar-refractivity contribution in [3.63, 3.8) is 0 Å². The third kappa shape index (κ3) is 6.56. The monoisotopic (exact) mass is 594 g/mol. The minimum Gasteiger partial charge on any atom is -0.462 e. The van der Waals surface area contributed by atoms with Crippen LogP contribution in [-0.2, 0) is 24.2 Å². The van der Waals surface area contributed by atoms with Gasteiger partial charge >= 0.3 is 5.97 Å². The number of nitrogens with one attached hydrogen (secondary N) is 1. The number of pyridine rings is 1. The van der Waals surface area contributed by atoms with Crippen molar-refractivity contribution in [2.45, 2.75) is 26.4 Å². The topological polar surface area (TPSA) is 60.3 Å². The first-order valence-corrected chi connectivity index (χ1v) is 13.9. The summed E-state index contributed by atoms with van der Waals surface area (Å²) in [6.07, 6.45) is 2.15. The largest absolute Gasteiger partial charge is 0.462 e. The number of nitrogens with zero attached hydrogens (tertiary/aromatic N) is 1. The van der Waals surface area contributed by atoms with Crippen LogP contribution in [0.4, 0.5) is 8.78 Å². The molecule has 0 unspecified atom stereocenters. The van der Waals surface area contributed by atoms with Gasteiger partial charge in [-0.2, -0.15) is 0 Å². The predicted molar refractivity (Wildman–Crippen MR) is 162 cm³/mol.